The van der Waals surface area contributed by atoms with Crippen LogP contribution in [0, 0.1) is 0 Å². The lowest BCUT2D eigenvalue weighted by atomic mass is 10.0. The van der Waals surface area contributed by atoms with Crippen molar-refractivity contribution in [3.05, 3.63) is 22.9 Å². The molecule has 0 fully saturated rings. The summed E-state index contributed by atoms with van der Waals surface area (Å²) in [6.45, 7) is 1.09. The number of carbonyl (C=O) groups excluding carboxylic acids is 1. The van der Waals surface area contributed by atoms with Crippen molar-refractivity contribution in [2.45, 2.75) is 24.8 Å². The lowest BCUT2D eigenvalue weighted by Gasteiger charge is -2.18. The Morgan fingerprint density at radius 1 is 1.27 bits per heavy atom. The van der Waals surface area contributed by atoms with Crippen LogP contribution in [0.3, 0.4) is 0 Å². The number of halogens is 7. The molecule has 1 rings (SSSR count). The quantitative estimate of drug-likeness (QED) is 0.438. The van der Waals surface area contributed by atoms with E-state index in [0.29, 0.717) is 6.20 Å². The molecule has 0 saturated carbocycles. The zero-order valence-corrected chi connectivity index (χ0v) is 12.4. The molecule has 1 aromatic rings. The van der Waals surface area contributed by atoms with Crippen LogP contribution in [0.5, 0.6) is 5.88 Å². The normalized spacial score (nSPS) is 12.2. The van der Waals surface area contributed by atoms with E-state index < -0.39 is 35.5 Å². The van der Waals surface area contributed by atoms with E-state index in [-0.39, 0.29) is 17.5 Å². The molecular formula is C11H8BrF6NO3. The van der Waals surface area contributed by atoms with Crippen molar-refractivity contribution in [3.63, 3.8) is 0 Å². The second-order valence-electron chi connectivity index (χ2n) is 3.74. The van der Waals surface area contributed by atoms with Gasteiger partial charge in [-0.3, -0.25) is 0 Å². The minimum atomic E-state index is -5.39. The molecule has 0 radical (unpaired) electrons. The summed E-state index contributed by atoms with van der Waals surface area (Å²) in [6, 6.07) is 0. The summed E-state index contributed by atoms with van der Waals surface area (Å²) in [6.07, 6.45) is -10.0. The van der Waals surface area contributed by atoms with Gasteiger partial charge in [0.05, 0.1) is 12.2 Å². The van der Waals surface area contributed by atoms with Gasteiger partial charge < -0.3 is 9.47 Å². The number of ether oxygens (including phenoxy) is 2. The third kappa shape index (κ3) is 4.49. The second kappa shape index (κ2) is 6.71. The van der Waals surface area contributed by atoms with Gasteiger partial charge in [0.25, 0.3) is 0 Å². The van der Waals surface area contributed by atoms with Crippen molar-refractivity contribution in [1.29, 1.82) is 0 Å². The van der Waals surface area contributed by atoms with E-state index in [1.165, 1.54) is 6.92 Å². The molecule has 0 aliphatic heterocycles. The number of rotatable bonds is 4. The zero-order valence-electron chi connectivity index (χ0n) is 10.8. The Labute approximate surface area is 128 Å². The van der Waals surface area contributed by atoms with Crippen molar-refractivity contribution in [2.24, 2.45) is 0 Å². The Hall–Kier alpha value is -1.52. The highest BCUT2D eigenvalue weighted by molar-refractivity contribution is 9.08. The van der Waals surface area contributed by atoms with Gasteiger partial charge in [-0.2, -0.15) is 13.2 Å². The Balaban J connectivity index is 3.61. The van der Waals surface area contributed by atoms with Crippen molar-refractivity contribution in [2.75, 3.05) is 6.61 Å². The average molecular weight is 396 g/mol. The molecule has 0 aliphatic carbocycles. The number of hydrogen-bond donors (Lipinski definition) is 0. The summed E-state index contributed by atoms with van der Waals surface area (Å²) in [5, 5.41) is -0.247. The van der Waals surface area contributed by atoms with Crippen LogP contribution >= 0.6 is 15.9 Å². The van der Waals surface area contributed by atoms with E-state index in [2.05, 4.69) is 30.4 Å². The third-order valence-electron chi connectivity index (χ3n) is 2.24. The second-order valence-corrected chi connectivity index (χ2v) is 4.30. The smallest absolute Gasteiger partial charge is 0.462 e. The molecule has 11 heteroatoms. The summed E-state index contributed by atoms with van der Waals surface area (Å²) in [5.74, 6) is -3.17. The molecule has 0 unspecified atom stereocenters. The Morgan fingerprint density at radius 3 is 2.27 bits per heavy atom. The van der Waals surface area contributed by atoms with Crippen LogP contribution in [-0.4, -0.2) is 23.9 Å². The minimum Gasteiger partial charge on any atom is -0.462 e. The van der Waals surface area contributed by atoms with Crippen molar-refractivity contribution < 1.29 is 40.6 Å². The summed E-state index contributed by atoms with van der Waals surface area (Å²) in [5.41, 5.74) is -3.28. The highest BCUT2D eigenvalue weighted by Crippen LogP contribution is 2.41. The minimum absolute atomic E-state index is 0.247. The highest BCUT2D eigenvalue weighted by atomic mass is 79.9. The average Bonchev–Trinajstić information content (AvgIpc) is 2.35. The van der Waals surface area contributed by atoms with Crippen LogP contribution < -0.4 is 4.74 Å². The van der Waals surface area contributed by atoms with Crippen LogP contribution in [0.4, 0.5) is 26.3 Å². The predicted molar refractivity (Wildman–Crippen MR) is 64.5 cm³/mol. The molecule has 1 heterocycles. The first-order chi connectivity index (χ1) is 10.0. The molecule has 22 heavy (non-hydrogen) atoms. The standard InChI is InChI=1S/C11H8BrF6NO3/c1-2-21-9(20)6-5(3-12)4-19-8(22-11(16,17)18)7(6)10(13,14)15/h4H,2-3H2,1H3. The van der Waals surface area contributed by atoms with E-state index in [1.807, 2.05) is 0 Å². The Kier molecular flexibility index (Phi) is 5.65. The molecule has 0 spiro atoms. The number of aromatic nitrogens is 1. The fourth-order valence-electron chi connectivity index (χ4n) is 1.52. The lowest BCUT2D eigenvalue weighted by Crippen LogP contribution is -2.24. The van der Waals surface area contributed by atoms with E-state index in [0.717, 1.165) is 0 Å². The first kappa shape index (κ1) is 18.5. The van der Waals surface area contributed by atoms with Gasteiger partial charge in [-0.25, -0.2) is 9.78 Å². The van der Waals surface area contributed by atoms with Gasteiger partial charge in [0.15, 0.2) is 0 Å². The van der Waals surface area contributed by atoms with Gasteiger partial charge in [0.1, 0.15) is 5.56 Å². The number of carbonyl (C=O) groups is 1. The fourth-order valence-corrected chi connectivity index (χ4v) is 1.95. The number of alkyl halides is 7. The first-order valence-electron chi connectivity index (χ1n) is 5.59. The van der Waals surface area contributed by atoms with Gasteiger partial charge in [-0.05, 0) is 12.5 Å². The van der Waals surface area contributed by atoms with Crippen LogP contribution in [0.1, 0.15) is 28.4 Å². The van der Waals surface area contributed by atoms with Crippen molar-refractivity contribution in [3.8, 4) is 5.88 Å². The first-order valence-corrected chi connectivity index (χ1v) is 6.71. The molecule has 4 nitrogen and oxygen atoms in total. The number of hydrogen-bond acceptors (Lipinski definition) is 4. The van der Waals surface area contributed by atoms with E-state index in [1.54, 1.807) is 0 Å². The Bertz CT molecular complexity index is 558. The molecule has 0 aromatic carbocycles. The SMILES string of the molecule is CCOC(=O)c1c(CBr)cnc(OC(F)(F)F)c1C(F)(F)F. The third-order valence-corrected chi connectivity index (χ3v) is 2.85. The molecular weight excluding hydrogens is 388 g/mol. The van der Waals surface area contributed by atoms with Crippen LogP contribution in [0.2, 0.25) is 0 Å². The van der Waals surface area contributed by atoms with Gasteiger partial charge in [-0.1, -0.05) is 15.9 Å². The largest absolute Gasteiger partial charge is 0.574 e. The van der Waals surface area contributed by atoms with Gasteiger partial charge in [0.2, 0.25) is 5.88 Å². The predicted octanol–water partition coefficient (Wildman–Crippen LogP) is 4.07. The van der Waals surface area contributed by atoms with Gasteiger partial charge in [0, 0.05) is 11.5 Å². The molecule has 124 valence electrons. The summed E-state index contributed by atoms with van der Waals surface area (Å²) >= 11 is 2.84. The van der Waals surface area contributed by atoms with Crippen LogP contribution in [0.25, 0.3) is 0 Å². The summed E-state index contributed by atoms with van der Waals surface area (Å²) in [7, 11) is 0. The van der Waals surface area contributed by atoms with Gasteiger partial charge in [-0.15, -0.1) is 13.2 Å². The van der Waals surface area contributed by atoms with E-state index in [9.17, 15) is 31.1 Å². The van der Waals surface area contributed by atoms with Crippen molar-refractivity contribution >= 4 is 21.9 Å². The Morgan fingerprint density at radius 2 is 1.86 bits per heavy atom. The van der Waals surface area contributed by atoms with Crippen LogP contribution in [-0.2, 0) is 16.2 Å². The molecule has 1 aromatic heterocycles. The monoisotopic (exact) mass is 395 g/mol. The number of pyridine rings is 1. The maximum absolute atomic E-state index is 13.1. The maximum atomic E-state index is 13.1. The summed E-state index contributed by atoms with van der Waals surface area (Å²) in [4.78, 5) is 14.7. The van der Waals surface area contributed by atoms with Crippen LogP contribution in [0.15, 0.2) is 6.20 Å². The fraction of sp³-hybridized carbons (Fsp3) is 0.455. The molecule has 0 aliphatic rings. The number of nitrogens with zero attached hydrogens (tertiary/aromatic N) is 1. The maximum Gasteiger partial charge on any atom is 0.574 e. The van der Waals surface area contributed by atoms with E-state index >= 15 is 0 Å². The van der Waals surface area contributed by atoms with Crippen molar-refractivity contribution in [1.82, 2.24) is 4.98 Å². The number of esters is 1. The highest BCUT2D eigenvalue weighted by Gasteiger charge is 2.44. The molecule has 0 saturated heterocycles. The molecule has 0 atom stereocenters. The van der Waals surface area contributed by atoms with E-state index in [4.69, 9.17) is 0 Å². The zero-order chi connectivity index (χ0) is 17.1. The molecule has 0 amide bonds. The molecule has 0 bridgehead atoms. The lowest BCUT2D eigenvalue weighted by molar-refractivity contribution is -0.277. The molecule has 0 N–H and O–H groups in total. The topological polar surface area (TPSA) is 48.4 Å². The summed E-state index contributed by atoms with van der Waals surface area (Å²) < 4.78 is 83.7. The van der Waals surface area contributed by atoms with Gasteiger partial charge >= 0.3 is 18.5 Å².